The van der Waals surface area contributed by atoms with Crippen molar-refractivity contribution >= 4 is 120 Å². The number of fused-ring (bicyclic) bond motifs is 3. The van der Waals surface area contributed by atoms with E-state index >= 15 is 0 Å². The van der Waals surface area contributed by atoms with Crippen LogP contribution < -0.4 is 137 Å². The Labute approximate surface area is 621 Å². The first-order valence-electron chi connectivity index (χ1n) is 27.0. The van der Waals surface area contributed by atoms with Crippen LogP contribution in [0, 0.1) is 0 Å². The molecule has 12 rings (SSSR count). The number of carbonyl (C=O) groups is 4. The van der Waals surface area contributed by atoms with Crippen LogP contribution in [0.25, 0.3) is 32.7 Å². The molecule has 0 atom stereocenters. The Hall–Kier alpha value is -5.41. The maximum atomic E-state index is 12.7. The van der Waals surface area contributed by atoms with Crippen LogP contribution in [0.4, 0.5) is 17.1 Å². The molecule has 0 unspecified atom stereocenters. The second-order valence-corrected chi connectivity index (χ2v) is 20.7. The monoisotopic (exact) mass is 1350 g/mol. The van der Waals surface area contributed by atoms with E-state index in [0.29, 0.717) is 71.6 Å². The minimum Gasteiger partial charge on any atom is -1.00 e. The maximum Gasteiger partial charge on any atom is 1.00 e. The number of amides is 3. The Balaban J connectivity index is 0.000000259. The normalized spacial score (nSPS) is 13.4. The van der Waals surface area contributed by atoms with Crippen LogP contribution in [0.3, 0.4) is 0 Å². The maximum absolute atomic E-state index is 12.7. The molecule has 0 bridgehead atoms. The average molecular weight is 1350 g/mol. The number of aromatic amines is 1. The summed E-state index contributed by atoms with van der Waals surface area (Å²) in [5.41, 5.74) is 5.81. The Kier molecular flexibility index (Phi) is 31.6. The Bertz CT molecular complexity index is 3630. The zero-order valence-electron chi connectivity index (χ0n) is 50.3. The number of ether oxygens (including phenoxy) is 3. The van der Waals surface area contributed by atoms with Crippen LogP contribution in [-0.4, -0.2) is 189 Å². The molecule has 30 heteroatoms. The van der Waals surface area contributed by atoms with Crippen LogP contribution in [0.15, 0.2) is 129 Å². The number of nitrogens with zero attached hydrogens (tertiary/aromatic N) is 14. The van der Waals surface area contributed by atoms with Gasteiger partial charge in [0, 0.05) is 155 Å². The summed E-state index contributed by atoms with van der Waals surface area (Å²) in [7, 11) is 4.81. The molecule has 462 valence electrons. The van der Waals surface area contributed by atoms with Crippen molar-refractivity contribution in [2.24, 2.45) is 0 Å². The van der Waals surface area contributed by atoms with Gasteiger partial charge in [0.15, 0.2) is 0 Å². The van der Waals surface area contributed by atoms with Gasteiger partial charge in [0.2, 0.25) is 17.7 Å². The summed E-state index contributed by atoms with van der Waals surface area (Å²) in [6, 6.07) is 22.9. The molecular weight excluding hydrogens is 1280 g/mol. The molecule has 3 aromatic carbocycles. The number of halogens is 4. The number of H-pyrrole nitrogens is 1. The molecule has 24 nitrogen and oxygen atoms in total. The number of methoxy groups -OCH3 is 3. The van der Waals surface area contributed by atoms with Crippen molar-refractivity contribution in [3.8, 4) is 17.2 Å². The molecule has 3 aliphatic heterocycles. The summed E-state index contributed by atoms with van der Waals surface area (Å²) in [6.07, 6.45) is 15.8. The predicted octanol–water partition coefficient (Wildman–Crippen LogP) is 1.27. The van der Waals surface area contributed by atoms with E-state index in [1.54, 1.807) is 85.2 Å². The molecule has 3 amide bonds. The van der Waals surface area contributed by atoms with Gasteiger partial charge >= 0.3 is 103 Å². The number of piperazine rings is 3. The number of aromatic nitrogens is 9. The van der Waals surface area contributed by atoms with Crippen molar-refractivity contribution in [3.05, 3.63) is 144 Å². The molecule has 1 N–H and O–H groups in total. The van der Waals surface area contributed by atoms with Gasteiger partial charge in [0.1, 0.15) is 41.7 Å². The number of hydrogen-bond acceptors (Lipinski definition) is 18. The standard InChI is InChI=1S/2C19H20ClN5O2.C13H16Cl2N2O2.C6H5N3.CH2O3.CH4.2K.H/c1-27-18-10-15(2-3-16(18)20)23-6-8-24(9-7-23)19(26)13-25-12-14-4-5-21-11-17(14)22-25;1-27-18-10-15(2-3-16(18)20)23-6-8-24(9-7-23)19(26)13-25-17-12-21-5-4-14(17)11-22-25;1-19-12-8-10(2-3-11(12)15)16-4-6-17(7-5-16)13(18)9-14;1-2-7-4-6-5(1)3-8-9-6;2-1-4-3;;;;/h2*2-5,10-12H,6-9,13H2,1H3;2-3,8H,4-7,9H2,1H3;1-4H,(H,8,9);1,3H;1H4;;;/q;;;;;;2*+1;-1/p-1. The van der Waals surface area contributed by atoms with E-state index in [2.05, 4.69) is 54.9 Å². The molecule has 3 aliphatic rings. The quantitative estimate of drug-likeness (QED) is 0.0595. The van der Waals surface area contributed by atoms with Gasteiger partial charge in [-0.3, -0.25) is 48.6 Å². The summed E-state index contributed by atoms with van der Waals surface area (Å²) in [6.45, 7) is 8.97. The number of alkyl halides is 1. The first-order chi connectivity index (χ1) is 41.8. The van der Waals surface area contributed by atoms with E-state index in [4.69, 9.17) is 70.7 Å². The Morgan fingerprint density at radius 2 is 1.00 bits per heavy atom. The molecule has 0 saturated carbocycles. The van der Waals surface area contributed by atoms with E-state index in [9.17, 15) is 14.4 Å². The second kappa shape index (κ2) is 37.8. The van der Waals surface area contributed by atoms with Crippen molar-refractivity contribution in [1.82, 2.24) is 59.4 Å². The van der Waals surface area contributed by atoms with Gasteiger partial charge in [-0.1, -0.05) is 42.2 Å². The van der Waals surface area contributed by atoms with Crippen molar-refractivity contribution < 1.29 is 148 Å². The number of hydrogen-bond donors (Lipinski definition) is 1. The number of nitrogens with one attached hydrogen (secondary N) is 1. The van der Waals surface area contributed by atoms with E-state index < -0.39 is 0 Å². The number of carbonyl (C=O) groups excluding carboxylic acids is 4. The van der Waals surface area contributed by atoms with Crippen molar-refractivity contribution in [2.75, 3.05) is 120 Å². The molecular formula is C59H67Cl4K2N15O9. The van der Waals surface area contributed by atoms with Gasteiger partial charge in [-0.05, 0) is 54.6 Å². The van der Waals surface area contributed by atoms with E-state index in [-0.39, 0.29) is 155 Å². The SMILES string of the molecule is C.COc1cc(N2CCN(C(=O)CCl)CC2)ccc1Cl.COc1cc(N2CCN(C(=O)Cn3cc4ccncc4n3)CC2)ccc1Cl.COc1cc(N2CCN(C(=O)Cn3ncc4ccncc43)CC2)ccc1Cl.O=CO[O-].[H-].[K+].[K+].c1cc2cn[nH]c2cn1. The summed E-state index contributed by atoms with van der Waals surface area (Å²) >= 11 is 23.8. The van der Waals surface area contributed by atoms with Crippen LogP contribution in [0.5, 0.6) is 17.2 Å². The molecule has 0 radical (unpaired) electrons. The van der Waals surface area contributed by atoms with Crippen molar-refractivity contribution in [3.63, 3.8) is 0 Å². The van der Waals surface area contributed by atoms with Gasteiger partial charge < -0.3 is 55.2 Å². The molecule has 3 fully saturated rings. The largest absolute Gasteiger partial charge is 1.00 e. The zero-order chi connectivity index (χ0) is 61.0. The minimum atomic E-state index is -0.181. The molecule has 89 heavy (non-hydrogen) atoms. The fraction of sp³-hybridized carbons (Fsp3) is 0.322. The van der Waals surface area contributed by atoms with Gasteiger partial charge in [-0.2, -0.15) is 15.3 Å². The molecule has 3 saturated heterocycles. The van der Waals surface area contributed by atoms with Crippen LogP contribution >= 0.6 is 46.4 Å². The van der Waals surface area contributed by atoms with Crippen LogP contribution in [-0.2, 0) is 37.2 Å². The fourth-order valence-corrected chi connectivity index (χ4v) is 10.3. The number of rotatable bonds is 12. The first kappa shape index (κ1) is 74.3. The Morgan fingerprint density at radius 3 is 1.44 bits per heavy atom. The second-order valence-electron chi connectivity index (χ2n) is 19.2. The van der Waals surface area contributed by atoms with Crippen LogP contribution in [0.2, 0.25) is 15.1 Å². The molecule has 0 aliphatic carbocycles. The number of benzene rings is 3. The molecule has 6 aromatic heterocycles. The van der Waals surface area contributed by atoms with Gasteiger partial charge in [0.25, 0.3) is 6.47 Å². The third-order valence-electron chi connectivity index (χ3n) is 14.2. The molecule has 9 heterocycles. The predicted molar refractivity (Wildman–Crippen MR) is 335 cm³/mol. The summed E-state index contributed by atoms with van der Waals surface area (Å²) < 4.78 is 19.2. The fourth-order valence-electron chi connectivity index (χ4n) is 9.55. The van der Waals surface area contributed by atoms with Gasteiger partial charge in [-0.15, -0.1) is 11.6 Å². The summed E-state index contributed by atoms with van der Waals surface area (Å²) in [5, 5.41) is 28.7. The molecule has 9 aromatic rings. The zero-order valence-corrected chi connectivity index (χ0v) is 58.5. The third kappa shape index (κ3) is 20.8. The van der Waals surface area contributed by atoms with Gasteiger partial charge in [-0.25, -0.2) is 0 Å². The number of pyridine rings is 3. The van der Waals surface area contributed by atoms with Crippen molar-refractivity contribution in [1.29, 1.82) is 0 Å². The number of anilines is 3. The summed E-state index contributed by atoms with van der Waals surface area (Å²) in [4.78, 5) is 72.4. The summed E-state index contributed by atoms with van der Waals surface area (Å²) in [5.74, 6) is 2.17. The van der Waals surface area contributed by atoms with E-state index in [1.807, 2.05) is 88.8 Å². The smallest absolute Gasteiger partial charge is 1.00 e. The topological polar surface area (TPSA) is 251 Å². The third-order valence-corrected chi connectivity index (χ3v) is 15.3. The van der Waals surface area contributed by atoms with Crippen molar-refractivity contribution in [2.45, 2.75) is 20.5 Å². The van der Waals surface area contributed by atoms with Crippen LogP contribution in [0.1, 0.15) is 8.85 Å². The average Bonchev–Trinajstić information content (AvgIpc) is 1.72. The first-order valence-corrected chi connectivity index (χ1v) is 28.6. The van der Waals surface area contributed by atoms with E-state index in [0.717, 1.165) is 89.0 Å². The minimum absolute atomic E-state index is 0. The Morgan fingerprint density at radius 1 is 0.573 bits per heavy atom. The van der Waals surface area contributed by atoms with E-state index in [1.165, 1.54) is 0 Å². The molecule has 0 spiro atoms. The van der Waals surface area contributed by atoms with Gasteiger partial charge in [0.05, 0.1) is 78.4 Å².